The fraction of sp³-hybridized carbons (Fsp3) is 0.333. The summed E-state index contributed by atoms with van der Waals surface area (Å²) in [6, 6.07) is 20.4. The molecule has 12 nitrogen and oxygen atoms in total. The van der Waals surface area contributed by atoms with E-state index in [1.807, 2.05) is 0 Å². The van der Waals surface area contributed by atoms with Crippen molar-refractivity contribution in [3.63, 3.8) is 0 Å². The maximum atomic E-state index is 14.9. The van der Waals surface area contributed by atoms with Crippen molar-refractivity contribution in [3.05, 3.63) is 151 Å². The molecule has 1 aliphatic rings. The molecule has 1 saturated heterocycles. The average molecular weight is 799 g/mol. The zero-order valence-corrected chi connectivity index (χ0v) is 29.1. The van der Waals surface area contributed by atoms with E-state index in [1.165, 1.54) is 24.3 Å². The number of nitrogens with zero attached hydrogens (tertiary/aromatic N) is 2. The molecule has 1 fully saturated rings. The van der Waals surface area contributed by atoms with E-state index in [9.17, 15) is 65.2 Å². The van der Waals surface area contributed by atoms with Crippen LogP contribution in [0.1, 0.15) is 33.4 Å². The molecule has 5 rings (SSSR count). The second-order valence-corrected chi connectivity index (χ2v) is 15.1. The largest absolute Gasteiger partial charge is 0.423 e. The molecule has 1 heterocycles. The Bertz CT molecular complexity index is 1960. The van der Waals surface area contributed by atoms with Crippen molar-refractivity contribution in [2.75, 3.05) is 0 Å². The summed E-state index contributed by atoms with van der Waals surface area (Å²) in [5.74, 6) is 0. The van der Waals surface area contributed by atoms with Crippen LogP contribution in [-0.2, 0) is 57.7 Å². The van der Waals surface area contributed by atoms with Crippen LogP contribution in [0.5, 0.6) is 0 Å². The topological polar surface area (TPSA) is 179 Å². The summed E-state index contributed by atoms with van der Waals surface area (Å²) in [6.45, 7) is -2.27. The molecule has 0 aliphatic carbocycles. The number of nitro benzene ring substituents is 2. The fourth-order valence-electron chi connectivity index (χ4n) is 6.74. The zero-order chi connectivity index (χ0) is 40.3. The van der Waals surface area contributed by atoms with E-state index in [-0.39, 0.29) is 0 Å². The molecule has 4 aromatic carbocycles. The van der Waals surface area contributed by atoms with Gasteiger partial charge in [0.05, 0.1) is 33.6 Å². The number of sulfone groups is 1. The van der Waals surface area contributed by atoms with Gasteiger partial charge < -0.3 is 19.7 Å². The minimum Gasteiger partial charge on any atom is -0.388 e. The number of benzene rings is 4. The summed E-state index contributed by atoms with van der Waals surface area (Å²) in [5.41, 5.74) is -6.90. The molecular weight excluding hydrogens is 766 g/mol. The van der Waals surface area contributed by atoms with E-state index in [1.54, 1.807) is 36.4 Å². The molecule has 294 valence electrons. The predicted molar refractivity (Wildman–Crippen MR) is 182 cm³/mol. The number of hydrogen-bond acceptors (Lipinski definition) is 10. The van der Waals surface area contributed by atoms with Crippen molar-refractivity contribution >= 4 is 21.2 Å². The van der Waals surface area contributed by atoms with Gasteiger partial charge in [0, 0.05) is 12.1 Å². The van der Waals surface area contributed by atoms with E-state index in [0.29, 0.717) is 23.3 Å². The Morgan fingerprint density at radius 1 is 0.582 bits per heavy atom. The Morgan fingerprint density at radius 2 is 0.927 bits per heavy atom. The van der Waals surface area contributed by atoms with Crippen LogP contribution in [0, 0.1) is 20.2 Å². The Balaban J connectivity index is 1.63. The third-order valence-corrected chi connectivity index (χ3v) is 11.8. The molecule has 1 aliphatic heterocycles. The number of aliphatic hydroxyl groups excluding tert-OH is 2. The van der Waals surface area contributed by atoms with Crippen molar-refractivity contribution in [3.8, 4) is 0 Å². The van der Waals surface area contributed by atoms with Crippen LogP contribution in [0.2, 0.25) is 0 Å². The molecule has 2 N–H and O–H groups in total. The number of alkyl halides is 6. The molecular formula is C36H32F6N2O10S. The van der Waals surface area contributed by atoms with Gasteiger partial charge >= 0.3 is 12.4 Å². The Hall–Kier alpha value is -4.95. The van der Waals surface area contributed by atoms with Gasteiger partial charge in [-0.1, -0.05) is 84.9 Å². The second kappa shape index (κ2) is 16.4. The van der Waals surface area contributed by atoms with Gasteiger partial charge in [-0.2, -0.15) is 26.3 Å². The number of ether oxygens (including phenoxy) is 2. The Labute approximate surface area is 309 Å². The van der Waals surface area contributed by atoms with E-state index < -0.39 is 127 Å². The number of nitro groups is 2. The SMILES string of the molecule is O=[N+]([O-])c1cccc(CO[C@@H]2[C@H](O)[C@@H](O)[C@@H](OCc3cccc([N+](=O)[O-])c3C(F)(F)F)[C@@H](Cc3ccccc3)S(=O)(=O)[C@@H]2Cc2ccccc2)c1C(F)(F)F. The van der Waals surface area contributed by atoms with Crippen molar-refractivity contribution < 1.29 is 64.3 Å². The molecule has 19 heteroatoms. The van der Waals surface area contributed by atoms with E-state index in [0.717, 1.165) is 24.3 Å². The molecule has 0 bridgehead atoms. The van der Waals surface area contributed by atoms with Crippen LogP contribution in [0.4, 0.5) is 37.7 Å². The van der Waals surface area contributed by atoms with Crippen LogP contribution in [0.3, 0.4) is 0 Å². The highest BCUT2D eigenvalue weighted by molar-refractivity contribution is 7.92. The van der Waals surface area contributed by atoms with E-state index in [4.69, 9.17) is 9.47 Å². The summed E-state index contributed by atoms with van der Waals surface area (Å²) in [5, 5.41) is 42.7. The van der Waals surface area contributed by atoms with Crippen molar-refractivity contribution in [2.24, 2.45) is 0 Å². The summed E-state index contributed by atoms with van der Waals surface area (Å²) in [7, 11) is -4.82. The quantitative estimate of drug-likeness (QED) is 0.0928. The first-order valence-electron chi connectivity index (χ1n) is 16.4. The standard InChI is InChI=1S/C36H32F6N2O10S/c37-35(38,39)29-23(13-7-15-25(29)43(47)48)19-53-33-27(17-21-9-3-1-4-10-21)55(51,52)28(18-22-11-5-2-6-12-22)34(32(46)31(33)45)54-20-24-14-8-16-26(44(49)50)30(24)36(40,41)42/h1-16,27-28,31-34,45-46H,17-20H2/t27-,28-,31-,32-,33+,34+/m1/s1. The summed E-state index contributed by atoms with van der Waals surface area (Å²) in [4.78, 5) is 20.5. The number of hydrogen-bond donors (Lipinski definition) is 2. The maximum absolute atomic E-state index is 14.9. The Kier molecular flexibility index (Phi) is 12.3. The molecule has 55 heavy (non-hydrogen) atoms. The highest BCUT2D eigenvalue weighted by atomic mass is 32.2. The van der Waals surface area contributed by atoms with Crippen molar-refractivity contribution in [2.45, 2.75) is 73.3 Å². The lowest BCUT2D eigenvalue weighted by atomic mass is 9.94. The van der Waals surface area contributed by atoms with Gasteiger partial charge in [0.2, 0.25) is 0 Å². The Morgan fingerprint density at radius 3 is 1.24 bits per heavy atom. The van der Waals surface area contributed by atoms with Gasteiger partial charge in [0.15, 0.2) is 9.84 Å². The predicted octanol–water partition coefficient (Wildman–Crippen LogP) is 6.38. The molecule has 0 unspecified atom stereocenters. The summed E-state index contributed by atoms with van der Waals surface area (Å²) in [6.07, 6.45) is -20.1. The van der Waals surface area contributed by atoms with Gasteiger partial charge in [-0.05, 0) is 35.1 Å². The van der Waals surface area contributed by atoms with Gasteiger partial charge in [-0.25, -0.2) is 8.42 Å². The molecule has 0 radical (unpaired) electrons. The summed E-state index contributed by atoms with van der Waals surface area (Å²) >= 11 is 0. The second-order valence-electron chi connectivity index (χ2n) is 12.7. The number of halogens is 6. The number of rotatable bonds is 12. The maximum Gasteiger partial charge on any atom is 0.423 e. The molecule has 0 aromatic heterocycles. The fourth-order valence-corrected chi connectivity index (χ4v) is 9.27. The molecule has 4 aromatic rings. The first-order chi connectivity index (χ1) is 25.8. The first-order valence-corrected chi connectivity index (χ1v) is 18.0. The monoisotopic (exact) mass is 798 g/mol. The smallest absolute Gasteiger partial charge is 0.388 e. The third-order valence-electron chi connectivity index (χ3n) is 9.24. The normalized spacial score (nSPS) is 22.8. The molecule has 6 atom stereocenters. The van der Waals surface area contributed by atoms with Crippen LogP contribution in [0.15, 0.2) is 97.1 Å². The van der Waals surface area contributed by atoms with Crippen molar-refractivity contribution in [1.29, 1.82) is 0 Å². The molecule has 0 spiro atoms. The van der Waals surface area contributed by atoms with Crippen LogP contribution >= 0.6 is 0 Å². The van der Waals surface area contributed by atoms with Crippen molar-refractivity contribution in [1.82, 2.24) is 0 Å². The lowest BCUT2D eigenvalue weighted by Gasteiger charge is -2.31. The lowest BCUT2D eigenvalue weighted by Crippen LogP contribution is -2.49. The first kappa shape index (κ1) is 41.2. The lowest BCUT2D eigenvalue weighted by molar-refractivity contribution is -0.388. The van der Waals surface area contributed by atoms with Gasteiger partial charge in [0.25, 0.3) is 11.4 Å². The van der Waals surface area contributed by atoms with Gasteiger partial charge in [-0.15, -0.1) is 0 Å². The highest BCUT2D eigenvalue weighted by Crippen LogP contribution is 2.42. The zero-order valence-electron chi connectivity index (χ0n) is 28.3. The minimum absolute atomic E-state index is 0.349. The third kappa shape index (κ3) is 9.13. The average Bonchev–Trinajstić information content (AvgIpc) is 3.17. The van der Waals surface area contributed by atoms with Crippen LogP contribution < -0.4 is 0 Å². The van der Waals surface area contributed by atoms with E-state index >= 15 is 0 Å². The van der Waals surface area contributed by atoms with Crippen LogP contribution in [-0.4, -0.2) is 63.4 Å². The molecule has 0 amide bonds. The van der Waals surface area contributed by atoms with Crippen LogP contribution in [0.25, 0.3) is 0 Å². The summed E-state index contributed by atoms with van der Waals surface area (Å²) < 4.78 is 126. The highest BCUT2D eigenvalue weighted by Gasteiger charge is 2.55. The van der Waals surface area contributed by atoms with Gasteiger partial charge in [0.1, 0.15) is 35.5 Å². The number of aliphatic hydroxyl groups is 2. The van der Waals surface area contributed by atoms with Gasteiger partial charge in [-0.3, -0.25) is 20.2 Å². The molecule has 0 saturated carbocycles. The minimum atomic E-state index is -5.28. The van der Waals surface area contributed by atoms with E-state index in [2.05, 4.69) is 0 Å².